The number of anilines is 2. The van der Waals surface area contributed by atoms with Crippen molar-refractivity contribution < 1.29 is 0 Å². The molecule has 0 saturated carbocycles. The number of fused-ring (bicyclic) bond motifs is 7. The van der Waals surface area contributed by atoms with Gasteiger partial charge >= 0.3 is 0 Å². The van der Waals surface area contributed by atoms with Gasteiger partial charge in [-0.05, 0) is 120 Å². The molecule has 12 rings (SSSR count). The van der Waals surface area contributed by atoms with Crippen LogP contribution in [0.1, 0.15) is 18.9 Å². The Balaban J connectivity index is 0.00000113. The van der Waals surface area contributed by atoms with Crippen LogP contribution in [-0.4, -0.2) is 14.5 Å². The van der Waals surface area contributed by atoms with Crippen molar-refractivity contribution in [3.05, 3.63) is 249 Å². The summed E-state index contributed by atoms with van der Waals surface area (Å²) in [5.74, 6) is 0.703. The Morgan fingerprint density at radius 1 is 0.508 bits per heavy atom. The third-order valence-electron chi connectivity index (χ3n) is 13.0. The highest BCUT2D eigenvalue weighted by Gasteiger charge is 2.44. The SMILES string of the molecule is C=CC=C.CC12CC=CC=C1N(c1ccc(-c3nc(-c4ccccc4)cc(-c4ccc5ccccc5c4)n3)cc1)c1cc(-c3ccc4c(c3)c3ccccc3n4-c3ccccc3)ccc12. The molecule has 1 aliphatic carbocycles. The zero-order chi connectivity index (χ0) is 43.9. The van der Waals surface area contributed by atoms with Gasteiger partial charge in [-0.3, -0.25) is 0 Å². The predicted octanol–water partition coefficient (Wildman–Crippen LogP) is 16.0. The smallest absolute Gasteiger partial charge is 0.160 e. The van der Waals surface area contributed by atoms with E-state index in [0.717, 1.165) is 40.2 Å². The quantitative estimate of drug-likeness (QED) is 0.150. The zero-order valence-electron chi connectivity index (χ0n) is 36.3. The minimum Gasteiger partial charge on any atom is -0.313 e. The summed E-state index contributed by atoms with van der Waals surface area (Å²) in [4.78, 5) is 12.8. The Morgan fingerprint density at radius 2 is 1.14 bits per heavy atom. The van der Waals surface area contributed by atoms with Gasteiger partial charge in [-0.2, -0.15) is 0 Å². The largest absolute Gasteiger partial charge is 0.313 e. The summed E-state index contributed by atoms with van der Waals surface area (Å²) in [5, 5.41) is 4.90. The minimum absolute atomic E-state index is 0.143. The molecule has 4 heteroatoms. The maximum atomic E-state index is 5.20. The Bertz CT molecular complexity index is 3500. The van der Waals surface area contributed by atoms with E-state index in [-0.39, 0.29) is 5.41 Å². The lowest BCUT2D eigenvalue weighted by Gasteiger charge is -2.31. The number of allylic oxidation sites excluding steroid dienone is 6. The predicted molar refractivity (Wildman–Crippen MR) is 274 cm³/mol. The van der Waals surface area contributed by atoms with Crippen molar-refractivity contribution in [3.8, 4) is 50.7 Å². The van der Waals surface area contributed by atoms with Crippen molar-refractivity contribution in [2.45, 2.75) is 18.8 Å². The summed E-state index contributed by atoms with van der Waals surface area (Å²) < 4.78 is 2.38. The molecule has 0 bridgehead atoms. The third kappa shape index (κ3) is 6.97. The van der Waals surface area contributed by atoms with E-state index in [2.05, 4.69) is 236 Å². The van der Waals surface area contributed by atoms with Gasteiger partial charge in [0, 0.05) is 49.9 Å². The molecule has 65 heavy (non-hydrogen) atoms. The molecule has 10 aromatic rings. The molecule has 2 aromatic heterocycles. The van der Waals surface area contributed by atoms with Crippen LogP contribution in [0.4, 0.5) is 11.4 Å². The van der Waals surface area contributed by atoms with E-state index in [4.69, 9.17) is 9.97 Å². The summed E-state index contributed by atoms with van der Waals surface area (Å²) in [6.45, 7) is 9.11. The van der Waals surface area contributed by atoms with Crippen molar-refractivity contribution in [3.63, 3.8) is 0 Å². The van der Waals surface area contributed by atoms with Crippen LogP contribution >= 0.6 is 0 Å². The molecular formula is C61H46N4. The Hall–Kier alpha value is -8.34. The van der Waals surface area contributed by atoms with E-state index < -0.39 is 0 Å². The van der Waals surface area contributed by atoms with Crippen molar-refractivity contribution in [2.75, 3.05) is 4.90 Å². The molecule has 3 heterocycles. The normalized spacial score (nSPS) is 15.0. The molecule has 8 aromatic carbocycles. The van der Waals surface area contributed by atoms with E-state index >= 15 is 0 Å². The number of benzene rings is 8. The lowest BCUT2D eigenvalue weighted by atomic mass is 9.76. The van der Waals surface area contributed by atoms with Crippen LogP contribution in [0.2, 0.25) is 0 Å². The molecule has 0 amide bonds. The lowest BCUT2D eigenvalue weighted by Crippen LogP contribution is -2.26. The topological polar surface area (TPSA) is 34.0 Å². The Kier molecular flexibility index (Phi) is 9.97. The molecule has 1 atom stereocenters. The summed E-state index contributed by atoms with van der Waals surface area (Å²) in [7, 11) is 0. The van der Waals surface area contributed by atoms with Crippen molar-refractivity contribution in [2.24, 2.45) is 0 Å². The second-order valence-corrected chi connectivity index (χ2v) is 16.9. The van der Waals surface area contributed by atoms with Gasteiger partial charge in [0.2, 0.25) is 0 Å². The van der Waals surface area contributed by atoms with Crippen LogP contribution in [0, 0.1) is 0 Å². The van der Waals surface area contributed by atoms with E-state index in [0.29, 0.717) is 5.82 Å². The molecule has 0 saturated heterocycles. The number of hydrogen-bond acceptors (Lipinski definition) is 3. The number of aromatic nitrogens is 3. The van der Waals surface area contributed by atoms with Crippen LogP contribution in [0.25, 0.3) is 83.3 Å². The number of hydrogen-bond donors (Lipinski definition) is 0. The van der Waals surface area contributed by atoms with Gasteiger partial charge in [-0.1, -0.05) is 159 Å². The van der Waals surface area contributed by atoms with Gasteiger partial charge < -0.3 is 9.47 Å². The summed E-state index contributed by atoms with van der Waals surface area (Å²) in [5.41, 5.74) is 15.7. The highest BCUT2D eigenvalue weighted by Crippen LogP contribution is 2.55. The second kappa shape index (κ2) is 16.4. The standard InChI is InChI=1S/C57H40N4.C4H6/c1-57-33-13-12-22-55(57)61(54-36-43(27-31-49(54)57)42-28-32-53-48(35-42)47-20-10-11-21-52(47)60(53)45-18-6-3-7-19-45)46-29-25-40(26-30-46)56-58-50(39-15-4-2-5-16-39)37-51(59-56)44-24-23-38-14-8-9-17-41(38)34-44;1-3-4-2/h2-32,34-37H,33H2,1H3;3-4H,1-2H2. The fourth-order valence-electron chi connectivity index (χ4n) is 9.69. The number of nitrogens with zero attached hydrogens (tertiary/aromatic N) is 4. The van der Waals surface area contributed by atoms with Crippen LogP contribution in [-0.2, 0) is 5.41 Å². The third-order valence-corrected chi connectivity index (χ3v) is 13.0. The first-order valence-electron chi connectivity index (χ1n) is 22.2. The van der Waals surface area contributed by atoms with Crippen molar-refractivity contribution >= 4 is 44.0 Å². The monoisotopic (exact) mass is 834 g/mol. The van der Waals surface area contributed by atoms with Gasteiger partial charge in [0.05, 0.1) is 28.1 Å². The molecule has 0 radical (unpaired) electrons. The summed E-state index contributed by atoms with van der Waals surface area (Å²) in [6.07, 6.45) is 11.0. The van der Waals surface area contributed by atoms with E-state index in [1.165, 1.54) is 66.3 Å². The molecule has 310 valence electrons. The fourth-order valence-corrected chi connectivity index (χ4v) is 9.69. The average Bonchev–Trinajstić information content (AvgIpc) is 3.85. The van der Waals surface area contributed by atoms with Crippen molar-refractivity contribution in [1.82, 2.24) is 14.5 Å². The van der Waals surface area contributed by atoms with E-state index in [1.54, 1.807) is 12.2 Å². The van der Waals surface area contributed by atoms with Gasteiger partial charge in [-0.25, -0.2) is 9.97 Å². The highest BCUT2D eigenvalue weighted by atomic mass is 15.2. The molecule has 0 spiro atoms. The van der Waals surface area contributed by atoms with Crippen LogP contribution < -0.4 is 4.90 Å². The molecular weight excluding hydrogens is 789 g/mol. The van der Waals surface area contributed by atoms with E-state index in [1.807, 2.05) is 6.07 Å². The van der Waals surface area contributed by atoms with E-state index in [9.17, 15) is 0 Å². The first kappa shape index (κ1) is 39.5. The van der Waals surface area contributed by atoms with Crippen LogP contribution in [0.15, 0.2) is 243 Å². The first-order valence-corrected chi connectivity index (χ1v) is 22.2. The summed E-state index contributed by atoms with van der Waals surface area (Å²) >= 11 is 0. The molecule has 4 nitrogen and oxygen atoms in total. The summed E-state index contributed by atoms with van der Waals surface area (Å²) in [6, 6.07) is 69.8. The first-order chi connectivity index (χ1) is 32.0. The van der Waals surface area contributed by atoms with Gasteiger partial charge in [0.25, 0.3) is 0 Å². The van der Waals surface area contributed by atoms with Gasteiger partial charge in [0.15, 0.2) is 5.82 Å². The molecule has 0 N–H and O–H groups in total. The molecule has 1 unspecified atom stereocenters. The highest BCUT2D eigenvalue weighted by molar-refractivity contribution is 6.10. The van der Waals surface area contributed by atoms with Gasteiger partial charge in [0.1, 0.15) is 0 Å². The molecule has 1 aliphatic heterocycles. The van der Waals surface area contributed by atoms with Crippen molar-refractivity contribution in [1.29, 1.82) is 0 Å². The second-order valence-electron chi connectivity index (χ2n) is 16.9. The Morgan fingerprint density at radius 3 is 1.92 bits per heavy atom. The maximum absolute atomic E-state index is 5.20. The van der Waals surface area contributed by atoms with Gasteiger partial charge in [-0.15, -0.1) is 0 Å². The Labute approximate surface area is 380 Å². The fraction of sp³-hybridized carbons (Fsp3) is 0.0492. The maximum Gasteiger partial charge on any atom is 0.160 e. The number of rotatable bonds is 7. The van der Waals surface area contributed by atoms with Crippen LogP contribution in [0.5, 0.6) is 0 Å². The molecule has 2 aliphatic rings. The molecule has 0 fully saturated rings. The minimum atomic E-state index is -0.143. The average molecular weight is 835 g/mol. The lowest BCUT2D eigenvalue weighted by molar-refractivity contribution is 0.577. The zero-order valence-corrected chi connectivity index (χ0v) is 36.3. The number of para-hydroxylation sites is 2. The van der Waals surface area contributed by atoms with Crippen LogP contribution in [0.3, 0.4) is 0 Å².